The second-order valence-electron chi connectivity index (χ2n) is 3.35. The minimum absolute atomic E-state index is 0. The van der Waals surface area contributed by atoms with Gasteiger partial charge in [0.05, 0.1) is 7.05 Å². The monoisotopic (exact) mass is 213 g/mol. The molecular weight excluding hydrogens is 198 g/mol. The van der Waals surface area contributed by atoms with Crippen LogP contribution in [0, 0.1) is 6.92 Å². The summed E-state index contributed by atoms with van der Waals surface area (Å²) in [6.07, 6.45) is 0. The first-order valence-corrected chi connectivity index (χ1v) is 4.55. The van der Waals surface area contributed by atoms with E-state index in [1.54, 1.807) is 0 Å². The Bertz CT molecular complexity index is 295. The number of hydrogen-bond acceptors (Lipinski definition) is 1. The van der Waals surface area contributed by atoms with Crippen LogP contribution in [0.5, 0.6) is 0 Å². The Morgan fingerprint density at radius 1 is 1.29 bits per heavy atom. The molecule has 0 aliphatic rings. The number of halogens is 1. The van der Waals surface area contributed by atoms with Crippen LogP contribution < -0.4 is 17.7 Å². The molecule has 0 aliphatic heterocycles. The highest BCUT2D eigenvalue weighted by molar-refractivity contribution is 5.98. The second-order valence-corrected chi connectivity index (χ2v) is 3.35. The lowest BCUT2D eigenvalue weighted by atomic mass is 10.0. The minimum atomic E-state index is 0. The second kappa shape index (κ2) is 5.78. The Morgan fingerprint density at radius 2 is 1.79 bits per heavy atom. The van der Waals surface area contributed by atoms with Gasteiger partial charge in [0, 0.05) is 5.56 Å². The van der Waals surface area contributed by atoms with Crippen molar-refractivity contribution in [3.8, 4) is 0 Å². The largest absolute Gasteiger partial charge is 1.00 e. The zero-order chi connectivity index (χ0) is 9.84. The minimum Gasteiger partial charge on any atom is -1.00 e. The molecule has 78 valence electrons. The van der Waals surface area contributed by atoms with Crippen molar-refractivity contribution < 1.29 is 22.5 Å². The summed E-state index contributed by atoms with van der Waals surface area (Å²) in [7, 11) is 1.91. The highest BCUT2D eigenvalue weighted by atomic mass is 35.5. The van der Waals surface area contributed by atoms with Gasteiger partial charge in [0.1, 0.15) is 6.04 Å². The van der Waals surface area contributed by atoms with Gasteiger partial charge in [-0.05, 0) is 13.8 Å². The molecule has 0 aromatic heterocycles. The van der Waals surface area contributed by atoms with Gasteiger partial charge >= 0.3 is 0 Å². The number of nitrogens with two attached hydrogens (primary N) is 1. The van der Waals surface area contributed by atoms with Gasteiger partial charge in [-0.2, -0.15) is 0 Å². The number of carbonyl (C=O) groups is 1. The maximum Gasteiger partial charge on any atom is 0.219 e. The standard InChI is InChI=1S/C11H15NO.ClH/c1-8-4-6-10(7-5-8)11(13)9(2)12-3;/h4-7,9,12H,1-3H3;1H/t9-;/m1./s1. The molecule has 0 aliphatic carbocycles. The van der Waals surface area contributed by atoms with Crippen LogP contribution in [0.2, 0.25) is 0 Å². The predicted octanol–water partition coefficient (Wildman–Crippen LogP) is -2.24. The van der Waals surface area contributed by atoms with Gasteiger partial charge in [0.2, 0.25) is 5.78 Å². The third-order valence-electron chi connectivity index (χ3n) is 2.25. The quantitative estimate of drug-likeness (QED) is 0.567. The number of aryl methyl sites for hydroxylation is 1. The molecule has 1 aromatic rings. The molecule has 0 amide bonds. The third-order valence-corrected chi connectivity index (χ3v) is 2.25. The number of Topliss-reactive ketones (excluding diaryl/α,β-unsaturated/α-hetero) is 1. The zero-order valence-corrected chi connectivity index (χ0v) is 9.51. The van der Waals surface area contributed by atoms with Crippen molar-refractivity contribution in [2.75, 3.05) is 7.05 Å². The lowest BCUT2D eigenvalue weighted by Gasteiger charge is -2.05. The molecule has 14 heavy (non-hydrogen) atoms. The number of likely N-dealkylation sites (N-methyl/N-ethyl adjacent to an activating group) is 1. The van der Waals surface area contributed by atoms with Crippen molar-refractivity contribution in [1.29, 1.82) is 0 Å². The van der Waals surface area contributed by atoms with Gasteiger partial charge in [-0.15, -0.1) is 0 Å². The maximum atomic E-state index is 11.7. The number of quaternary nitrogens is 1. The van der Waals surface area contributed by atoms with Gasteiger partial charge in [-0.3, -0.25) is 4.79 Å². The summed E-state index contributed by atoms with van der Waals surface area (Å²) >= 11 is 0. The number of benzene rings is 1. The van der Waals surface area contributed by atoms with Crippen molar-refractivity contribution in [2.24, 2.45) is 0 Å². The Kier molecular flexibility index (Phi) is 5.43. The fraction of sp³-hybridized carbons (Fsp3) is 0.364. The van der Waals surface area contributed by atoms with E-state index >= 15 is 0 Å². The molecule has 2 nitrogen and oxygen atoms in total. The molecule has 0 fully saturated rings. The van der Waals surface area contributed by atoms with Crippen LogP contribution in [0.25, 0.3) is 0 Å². The van der Waals surface area contributed by atoms with Gasteiger partial charge in [-0.25, -0.2) is 0 Å². The van der Waals surface area contributed by atoms with Crippen LogP contribution in [0.1, 0.15) is 22.8 Å². The van der Waals surface area contributed by atoms with Crippen molar-refractivity contribution >= 4 is 5.78 Å². The van der Waals surface area contributed by atoms with Crippen molar-refractivity contribution in [3.63, 3.8) is 0 Å². The zero-order valence-electron chi connectivity index (χ0n) is 8.75. The summed E-state index contributed by atoms with van der Waals surface area (Å²) < 4.78 is 0. The third kappa shape index (κ3) is 3.13. The summed E-state index contributed by atoms with van der Waals surface area (Å²) in [5.41, 5.74) is 1.99. The molecular formula is C11H16ClNO. The molecule has 0 bridgehead atoms. The lowest BCUT2D eigenvalue weighted by Crippen LogP contribution is -3.00. The first-order chi connectivity index (χ1) is 6.15. The molecule has 1 atom stereocenters. The van der Waals surface area contributed by atoms with Crippen molar-refractivity contribution in [2.45, 2.75) is 19.9 Å². The Balaban J connectivity index is 0.00000169. The van der Waals surface area contributed by atoms with Crippen molar-refractivity contribution in [1.82, 2.24) is 0 Å². The van der Waals surface area contributed by atoms with E-state index in [1.807, 2.05) is 50.5 Å². The molecule has 1 rings (SSSR count). The fourth-order valence-electron chi connectivity index (χ4n) is 1.13. The summed E-state index contributed by atoms with van der Waals surface area (Å²) in [5.74, 6) is 0.197. The van der Waals surface area contributed by atoms with Crippen LogP contribution in [0.15, 0.2) is 24.3 Å². The average Bonchev–Trinajstić information content (AvgIpc) is 2.17. The van der Waals surface area contributed by atoms with E-state index in [2.05, 4.69) is 0 Å². The molecule has 0 radical (unpaired) electrons. The van der Waals surface area contributed by atoms with E-state index in [-0.39, 0.29) is 24.2 Å². The van der Waals surface area contributed by atoms with Gasteiger partial charge in [-0.1, -0.05) is 29.8 Å². The average molecular weight is 214 g/mol. The molecule has 0 spiro atoms. The van der Waals surface area contributed by atoms with Gasteiger partial charge in [0.15, 0.2) is 0 Å². The van der Waals surface area contributed by atoms with Crippen LogP contribution in [-0.2, 0) is 0 Å². The molecule has 0 heterocycles. The van der Waals surface area contributed by atoms with E-state index in [1.165, 1.54) is 5.56 Å². The van der Waals surface area contributed by atoms with Crippen LogP contribution in [0.4, 0.5) is 0 Å². The van der Waals surface area contributed by atoms with E-state index in [9.17, 15) is 4.79 Å². The molecule has 0 saturated carbocycles. The van der Waals surface area contributed by atoms with E-state index < -0.39 is 0 Å². The topological polar surface area (TPSA) is 33.7 Å². The highest BCUT2D eigenvalue weighted by Gasteiger charge is 2.15. The van der Waals surface area contributed by atoms with Crippen molar-refractivity contribution in [3.05, 3.63) is 35.4 Å². The van der Waals surface area contributed by atoms with Crippen LogP contribution >= 0.6 is 0 Å². The van der Waals surface area contributed by atoms with Gasteiger partial charge in [0.25, 0.3) is 0 Å². The fourth-order valence-corrected chi connectivity index (χ4v) is 1.13. The summed E-state index contributed by atoms with van der Waals surface area (Å²) in [6, 6.07) is 7.73. The summed E-state index contributed by atoms with van der Waals surface area (Å²) in [4.78, 5) is 11.7. The Morgan fingerprint density at radius 3 is 2.21 bits per heavy atom. The number of rotatable bonds is 3. The normalized spacial score (nSPS) is 11.6. The Hall–Kier alpha value is -0.860. The maximum absolute atomic E-state index is 11.7. The summed E-state index contributed by atoms with van der Waals surface area (Å²) in [6.45, 7) is 3.94. The number of ketones is 1. The molecule has 0 saturated heterocycles. The van der Waals surface area contributed by atoms with E-state index in [0.29, 0.717) is 0 Å². The van der Waals surface area contributed by atoms with E-state index in [4.69, 9.17) is 0 Å². The van der Waals surface area contributed by atoms with Crippen LogP contribution in [0.3, 0.4) is 0 Å². The summed E-state index contributed by atoms with van der Waals surface area (Å²) in [5, 5.41) is 1.92. The first kappa shape index (κ1) is 13.1. The predicted molar refractivity (Wildman–Crippen MR) is 52.8 cm³/mol. The molecule has 1 aromatic carbocycles. The highest BCUT2D eigenvalue weighted by Crippen LogP contribution is 2.04. The molecule has 3 heteroatoms. The molecule has 2 N–H and O–H groups in total. The Labute approximate surface area is 91.1 Å². The number of carbonyl (C=O) groups excluding carboxylic acids is 1. The van der Waals surface area contributed by atoms with E-state index in [0.717, 1.165) is 5.56 Å². The molecule has 0 unspecified atom stereocenters. The SMILES string of the molecule is C[NH2+][C@H](C)C(=O)c1ccc(C)cc1.[Cl-]. The first-order valence-electron chi connectivity index (χ1n) is 4.55. The number of hydrogen-bond donors (Lipinski definition) is 1. The lowest BCUT2D eigenvalue weighted by molar-refractivity contribution is -0.645. The van der Waals surface area contributed by atoms with Crippen LogP contribution in [-0.4, -0.2) is 18.9 Å². The smallest absolute Gasteiger partial charge is 0.219 e. The van der Waals surface area contributed by atoms with Gasteiger partial charge < -0.3 is 17.7 Å².